The van der Waals surface area contributed by atoms with Crippen molar-refractivity contribution in [3.05, 3.63) is 18.2 Å². The summed E-state index contributed by atoms with van der Waals surface area (Å²) in [4.78, 5) is 12.7. The third-order valence-corrected chi connectivity index (χ3v) is 5.61. The highest BCUT2D eigenvalue weighted by Gasteiger charge is 2.47. The number of hydrogen-bond donors (Lipinski definition) is 2. The largest absolute Gasteiger partial charge is 0.380 e. The molecule has 0 radical (unpaired) electrons. The number of nitrogens with one attached hydrogen (secondary N) is 2. The van der Waals surface area contributed by atoms with Crippen LogP contribution in [0.5, 0.6) is 0 Å². The highest BCUT2D eigenvalue weighted by atomic mass is 32.2. The molecule has 20 heavy (non-hydrogen) atoms. The van der Waals surface area contributed by atoms with Gasteiger partial charge in [-0.3, -0.25) is 4.79 Å². The topological polar surface area (TPSA) is 75.3 Å². The molecule has 1 aliphatic carbocycles. The number of fused-ring (bicyclic) bond motifs is 2. The van der Waals surface area contributed by atoms with Crippen molar-refractivity contribution in [2.24, 2.45) is 5.41 Å². The SMILES string of the molecule is CC12CCCC1Nc1cccc(S(C)(=O)=O)c1NC2=O. The van der Waals surface area contributed by atoms with E-state index in [9.17, 15) is 13.2 Å². The third kappa shape index (κ3) is 1.90. The van der Waals surface area contributed by atoms with Gasteiger partial charge in [0.2, 0.25) is 5.91 Å². The van der Waals surface area contributed by atoms with Crippen molar-refractivity contribution in [1.29, 1.82) is 0 Å². The Labute approximate surface area is 118 Å². The second kappa shape index (κ2) is 4.22. The van der Waals surface area contributed by atoms with E-state index in [1.807, 2.05) is 13.0 Å². The molecule has 1 saturated carbocycles. The molecule has 0 saturated heterocycles. The molecule has 1 aromatic carbocycles. The standard InChI is InChI=1S/C14H18N2O3S/c1-14-8-4-7-11(14)15-9-5-3-6-10(20(2,18)19)12(9)16-13(14)17/h3,5-6,11,15H,4,7-8H2,1-2H3,(H,16,17). The molecule has 1 aromatic rings. The lowest BCUT2D eigenvalue weighted by Gasteiger charge is -2.27. The van der Waals surface area contributed by atoms with Gasteiger partial charge in [-0.1, -0.05) is 12.5 Å². The molecule has 3 rings (SSSR count). The van der Waals surface area contributed by atoms with E-state index in [1.54, 1.807) is 6.07 Å². The fourth-order valence-electron chi connectivity index (χ4n) is 3.20. The van der Waals surface area contributed by atoms with Gasteiger partial charge in [0.1, 0.15) is 0 Å². The molecule has 2 unspecified atom stereocenters. The average Bonchev–Trinajstić information content (AvgIpc) is 2.68. The zero-order chi connectivity index (χ0) is 14.5. The Morgan fingerprint density at radius 1 is 1.35 bits per heavy atom. The van der Waals surface area contributed by atoms with Crippen LogP contribution in [0.3, 0.4) is 0 Å². The van der Waals surface area contributed by atoms with E-state index in [0.29, 0.717) is 11.4 Å². The molecule has 1 heterocycles. The van der Waals surface area contributed by atoms with Crippen LogP contribution in [0.1, 0.15) is 26.2 Å². The van der Waals surface area contributed by atoms with Crippen molar-refractivity contribution >= 4 is 27.1 Å². The Balaban J connectivity index is 2.16. The molecule has 2 N–H and O–H groups in total. The van der Waals surface area contributed by atoms with Gasteiger partial charge in [0.15, 0.2) is 9.84 Å². The minimum atomic E-state index is -3.38. The van der Waals surface area contributed by atoms with Gasteiger partial charge in [-0.15, -0.1) is 0 Å². The number of hydrogen-bond acceptors (Lipinski definition) is 4. The molecule has 2 atom stereocenters. The normalized spacial score (nSPS) is 28.9. The fourth-order valence-corrected chi connectivity index (χ4v) is 4.06. The Bertz CT molecular complexity index is 684. The number of rotatable bonds is 1. The van der Waals surface area contributed by atoms with Gasteiger partial charge >= 0.3 is 0 Å². The second-order valence-electron chi connectivity index (χ2n) is 5.91. The van der Waals surface area contributed by atoms with E-state index < -0.39 is 15.3 Å². The van der Waals surface area contributed by atoms with Crippen LogP contribution in [0.25, 0.3) is 0 Å². The smallest absolute Gasteiger partial charge is 0.232 e. The van der Waals surface area contributed by atoms with Gasteiger partial charge in [0, 0.05) is 12.3 Å². The fraction of sp³-hybridized carbons (Fsp3) is 0.500. The van der Waals surface area contributed by atoms with E-state index >= 15 is 0 Å². The van der Waals surface area contributed by atoms with Gasteiger partial charge in [-0.2, -0.15) is 0 Å². The summed E-state index contributed by atoms with van der Waals surface area (Å²) in [6, 6.07) is 5.10. The van der Waals surface area contributed by atoms with Gasteiger partial charge in [-0.25, -0.2) is 8.42 Å². The molecule has 0 bridgehead atoms. The molecule has 5 nitrogen and oxygen atoms in total. The lowest BCUT2D eigenvalue weighted by Crippen LogP contribution is -2.41. The van der Waals surface area contributed by atoms with Crippen LogP contribution in [0.4, 0.5) is 11.4 Å². The molecule has 108 valence electrons. The van der Waals surface area contributed by atoms with Crippen LogP contribution in [0.2, 0.25) is 0 Å². The van der Waals surface area contributed by atoms with Crippen molar-refractivity contribution in [2.75, 3.05) is 16.9 Å². The van der Waals surface area contributed by atoms with Crippen molar-refractivity contribution < 1.29 is 13.2 Å². The van der Waals surface area contributed by atoms with Crippen LogP contribution >= 0.6 is 0 Å². The highest BCUT2D eigenvalue weighted by Crippen LogP contribution is 2.45. The third-order valence-electron chi connectivity index (χ3n) is 4.47. The number of benzene rings is 1. The first-order valence-corrected chi connectivity index (χ1v) is 8.62. The first kappa shape index (κ1) is 13.4. The highest BCUT2D eigenvalue weighted by molar-refractivity contribution is 7.90. The molecule has 1 fully saturated rings. The molecule has 1 aliphatic heterocycles. The maximum Gasteiger partial charge on any atom is 0.232 e. The number of sulfone groups is 1. The Kier molecular flexibility index (Phi) is 2.83. The summed E-state index contributed by atoms with van der Waals surface area (Å²) in [5.74, 6) is -0.0950. The molecular formula is C14H18N2O3S. The van der Waals surface area contributed by atoms with E-state index in [1.165, 1.54) is 6.07 Å². The van der Waals surface area contributed by atoms with Gasteiger partial charge in [0.05, 0.1) is 21.7 Å². The lowest BCUT2D eigenvalue weighted by molar-refractivity contribution is -0.124. The zero-order valence-electron chi connectivity index (χ0n) is 11.6. The monoisotopic (exact) mass is 294 g/mol. The zero-order valence-corrected chi connectivity index (χ0v) is 12.4. The summed E-state index contributed by atoms with van der Waals surface area (Å²) >= 11 is 0. The van der Waals surface area contributed by atoms with Crippen molar-refractivity contribution in [1.82, 2.24) is 0 Å². The Morgan fingerprint density at radius 2 is 2.10 bits per heavy atom. The van der Waals surface area contributed by atoms with Gasteiger partial charge in [0.25, 0.3) is 0 Å². The van der Waals surface area contributed by atoms with Crippen molar-refractivity contribution in [3.8, 4) is 0 Å². The lowest BCUT2D eigenvalue weighted by atomic mass is 9.84. The maximum absolute atomic E-state index is 12.5. The van der Waals surface area contributed by atoms with E-state index in [2.05, 4.69) is 10.6 Å². The van der Waals surface area contributed by atoms with Crippen molar-refractivity contribution in [2.45, 2.75) is 37.1 Å². The van der Waals surface area contributed by atoms with Gasteiger partial charge in [-0.05, 0) is 31.9 Å². The molecule has 0 spiro atoms. The number of anilines is 2. The van der Waals surface area contributed by atoms with Gasteiger partial charge < -0.3 is 10.6 Å². The Morgan fingerprint density at radius 3 is 2.80 bits per heavy atom. The molecule has 6 heteroatoms. The van der Waals surface area contributed by atoms with Crippen LogP contribution in [-0.4, -0.2) is 26.6 Å². The molecular weight excluding hydrogens is 276 g/mol. The summed E-state index contributed by atoms with van der Waals surface area (Å²) < 4.78 is 23.7. The molecule has 1 amide bonds. The number of carbonyl (C=O) groups excluding carboxylic acids is 1. The van der Waals surface area contributed by atoms with Crippen LogP contribution in [0, 0.1) is 5.41 Å². The van der Waals surface area contributed by atoms with Crippen LogP contribution in [-0.2, 0) is 14.6 Å². The summed E-state index contributed by atoms with van der Waals surface area (Å²) in [7, 11) is -3.38. The first-order valence-electron chi connectivity index (χ1n) is 6.73. The average molecular weight is 294 g/mol. The predicted molar refractivity (Wildman–Crippen MR) is 77.6 cm³/mol. The van der Waals surface area contributed by atoms with E-state index in [0.717, 1.165) is 25.5 Å². The number of amides is 1. The summed E-state index contributed by atoms with van der Waals surface area (Å²) in [5.41, 5.74) is 0.598. The minimum Gasteiger partial charge on any atom is -0.380 e. The first-order chi connectivity index (χ1) is 9.32. The predicted octanol–water partition coefficient (Wildman–Crippen LogP) is 2.01. The summed E-state index contributed by atoms with van der Waals surface area (Å²) in [6.07, 6.45) is 3.90. The second-order valence-corrected chi connectivity index (χ2v) is 7.90. The van der Waals surface area contributed by atoms with Crippen molar-refractivity contribution in [3.63, 3.8) is 0 Å². The summed E-state index contributed by atoms with van der Waals surface area (Å²) in [6.45, 7) is 1.94. The Hall–Kier alpha value is -1.56. The molecule has 2 aliphatic rings. The maximum atomic E-state index is 12.5. The summed E-state index contributed by atoms with van der Waals surface area (Å²) in [5, 5.41) is 6.19. The van der Waals surface area contributed by atoms with E-state index in [-0.39, 0.29) is 16.8 Å². The van der Waals surface area contributed by atoms with Crippen LogP contribution < -0.4 is 10.6 Å². The minimum absolute atomic E-state index is 0.0542. The van der Waals surface area contributed by atoms with Crippen LogP contribution in [0.15, 0.2) is 23.1 Å². The number of para-hydroxylation sites is 1. The quantitative estimate of drug-likeness (QED) is 0.831. The number of carbonyl (C=O) groups is 1. The van der Waals surface area contributed by atoms with E-state index in [4.69, 9.17) is 0 Å². The molecule has 0 aromatic heterocycles.